The van der Waals surface area contributed by atoms with Crippen LogP contribution in [-0.4, -0.2) is 24.2 Å². The first-order chi connectivity index (χ1) is 15.1. The van der Waals surface area contributed by atoms with Gasteiger partial charge in [-0.05, 0) is 55.0 Å². The van der Waals surface area contributed by atoms with E-state index in [2.05, 4.69) is 5.32 Å². The number of halogens is 1. The summed E-state index contributed by atoms with van der Waals surface area (Å²) in [5, 5.41) is 2.58. The van der Waals surface area contributed by atoms with Crippen molar-refractivity contribution in [1.29, 1.82) is 0 Å². The van der Waals surface area contributed by atoms with Crippen molar-refractivity contribution in [3.8, 4) is 5.75 Å². The third kappa shape index (κ3) is 4.56. The van der Waals surface area contributed by atoms with Gasteiger partial charge in [0.15, 0.2) is 0 Å². The molecule has 0 aliphatic carbocycles. The zero-order valence-electron chi connectivity index (χ0n) is 16.9. The van der Waals surface area contributed by atoms with Gasteiger partial charge in [-0.2, -0.15) is 0 Å². The Morgan fingerprint density at radius 2 is 1.90 bits per heavy atom. The fraction of sp³-hybridized carbons (Fsp3) is 0.167. The molecule has 0 bridgehead atoms. The summed E-state index contributed by atoms with van der Waals surface area (Å²) in [5.74, 6) is 0.224. The number of benzene rings is 3. The molecule has 4 rings (SSSR count). The molecule has 7 heteroatoms. The van der Waals surface area contributed by atoms with Gasteiger partial charge in [0.1, 0.15) is 16.9 Å². The van der Waals surface area contributed by atoms with E-state index in [1.807, 2.05) is 43.3 Å². The molecule has 1 atom stereocenters. The molecule has 1 aliphatic rings. The molecule has 0 spiro atoms. The van der Waals surface area contributed by atoms with Crippen LogP contribution in [0, 0.1) is 5.82 Å². The van der Waals surface area contributed by atoms with E-state index in [-0.39, 0.29) is 22.8 Å². The predicted octanol–water partition coefficient (Wildman–Crippen LogP) is 5.26. The number of thioether (sulfide) groups is 1. The fourth-order valence-corrected chi connectivity index (χ4v) is 4.60. The summed E-state index contributed by atoms with van der Waals surface area (Å²) >= 11 is 1.54. The smallest absolute Gasteiger partial charge is 0.255 e. The number of ether oxygens (including phenoxy) is 1. The highest BCUT2D eigenvalue weighted by atomic mass is 32.2. The van der Waals surface area contributed by atoms with Gasteiger partial charge in [-0.15, -0.1) is 11.8 Å². The Hall–Kier alpha value is -3.32. The van der Waals surface area contributed by atoms with E-state index in [0.717, 1.165) is 11.3 Å². The molecule has 3 aromatic carbocycles. The third-order valence-corrected chi connectivity index (χ3v) is 6.05. The Morgan fingerprint density at radius 3 is 2.65 bits per heavy atom. The van der Waals surface area contributed by atoms with Crippen molar-refractivity contribution >= 4 is 35.0 Å². The standard InChI is InChI=1S/C24H21FN2O3S/c1-2-30-21-9-4-3-8-20(21)27-22(28)15-31-24(27)16-10-12-19(13-11-16)26-23(29)17-6-5-7-18(25)14-17/h3-14,24H,2,15H2,1H3,(H,26,29)/t24-/m1/s1. The molecule has 1 N–H and O–H groups in total. The van der Waals surface area contributed by atoms with Crippen molar-refractivity contribution in [2.75, 3.05) is 22.6 Å². The minimum Gasteiger partial charge on any atom is -0.492 e. The van der Waals surface area contributed by atoms with E-state index >= 15 is 0 Å². The van der Waals surface area contributed by atoms with Crippen molar-refractivity contribution in [1.82, 2.24) is 0 Å². The highest BCUT2D eigenvalue weighted by Gasteiger charge is 2.35. The Morgan fingerprint density at radius 1 is 1.13 bits per heavy atom. The summed E-state index contributed by atoms with van der Waals surface area (Å²) in [6.07, 6.45) is 0. The van der Waals surface area contributed by atoms with Gasteiger partial charge in [-0.3, -0.25) is 14.5 Å². The zero-order chi connectivity index (χ0) is 21.8. The van der Waals surface area contributed by atoms with E-state index in [4.69, 9.17) is 4.74 Å². The van der Waals surface area contributed by atoms with E-state index in [1.165, 1.54) is 18.2 Å². The number of nitrogens with one attached hydrogen (secondary N) is 1. The van der Waals surface area contributed by atoms with E-state index in [9.17, 15) is 14.0 Å². The summed E-state index contributed by atoms with van der Waals surface area (Å²) in [4.78, 5) is 26.8. The number of amides is 2. The Labute approximate surface area is 184 Å². The maximum Gasteiger partial charge on any atom is 0.255 e. The molecule has 3 aromatic rings. The molecule has 1 aliphatic heterocycles. The van der Waals surface area contributed by atoms with Crippen LogP contribution < -0.4 is 15.0 Å². The van der Waals surface area contributed by atoms with Gasteiger partial charge in [-0.1, -0.05) is 30.3 Å². The highest BCUT2D eigenvalue weighted by Crippen LogP contribution is 2.44. The number of carbonyl (C=O) groups excluding carboxylic acids is 2. The van der Waals surface area contributed by atoms with Gasteiger partial charge in [0.25, 0.3) is 5.91 Å². The molecule has 31 heavy (non-hydrogen) atoms. The lowest BCUT2D eigenvalue weighted by atomic mass is 10.1. The second kappa shape index (κ2) is 9.22. The first-order valence-corrected chi connectivity index (χ1v) is 10.9. The molecule has 158 valence electrons. The van der Waals surface area contributed by atoms with Gasteiger partial charge in [0, 0.05) is 11.3 Å². The van der Waals surface area contributed by atoms with Gasteiger partial charge in [0.2, 0.25) is 5.91 Å². The predicted molar refractivity (Wildman–Crippen MR) is 121 cm³/mol. The van der Waals surface area contributed by atoms with Crippen molar-refractivity contribution in [3.05, 3.63) is 89.7 Å². The second-order valence-electron chi connectivity index (χ2n) is 6.91. The maximum absolute atomic E-state index is 13.4. The van der Waals surface area contributed by atoms with Crippen LogP contribution in [0.5, 0.6) is 5.75 Å². The van der Waals surface area contributed by atoms with Crippen LogP contribution in [0.15, 0.2) is 72.8 Å². The number of hydrogen-bond acceptors (Lipinski definition) is 4. The minimum absolute atomic E-state index is 0.0191. The molecule has 2 amide bonds. The van der Waals surface area contributed by atoms with Crippen molar-refractivity contribution in [2.45, 2.75) is 12.3 Å². The summed E-state index contributed by atoms with van der Waals surface area (Å²) in [7, 11) is 0. The van der Waals surface area contributed by atoms with Crippen molar-refractivity contribution in [2.24, 2.45) is 0 Å². The first kappa shape index (κ1) is 20.9. The lowest BCUT2D eigenvalue weighted by Crippen LogP contribution is -2.28. The number of anilines is 2. The quantitative estimate of drug-likeness (QED) is 0.573. The molecule has 0 radical (unpaired) electrons. The summed E-state index contributed by atoms with van der Waals surface area (Å²) in [6, 6.07) is 20.4. The van der Waals surface area contributed by atoms with Gasteiger partial charge in [-0.25, -0.2) is 4.39 Å². The molecule has 1 fully saturated rings. The Kier molecular flexibility index (Phi) is 6.23. The number of hydrogen-bond donors (Lipinski definition) is 1. The van der Waals surface area contributed by atoms with Crippen LogP contribution in [0.2, 0.25) is 0 Å². The normalized spacial score (nSPS) is 15.7. The topological polar surface area (TPSA) is 58.6 Å². The van der Waals surface area contributed by atoms with Crippen LogP contribution in [-0.2, 0) is 4.79 Å². The van der Waals surface area contributed by atoms with Gasteiger partial charge < -0.3 is 10.1 Å². The Balaban J connectivity index is 1.54. The minimum atomic E-state index is -0.460. The first-order valence-electron chi connectivity index (χ1n) is 9.89. The monoisotopic (exact) mass is 436 g/mol. The van der Waals surface area contributed by atoms with Crippen LogP contribution in [0.25, 0.3) is 0 Å². The lowest BCUT2D eigenvalue weighted by Gasteiger charge is -2.26. The highest BCUT2D eigenvalue weighted by molar-refractivity contribution is 8.00. The van der Waals surface area contributed by atoms with E-state index < -0.39 is 5.82 Å². The number of rotatable bonds is 6. The second-order valence-corrected chi connectivity index (χ2v) is 7.98. The average molecular weight is 437 g/mol. The largest absolute Gasteiger partial charge is 0.492 e. The molecule has 1 saturated heterocycles. The molecular formula is C24H21FN2O3S. The fourth-order valence-electron chi connectivity index (χ4n) is 3.43. The summed E-state index contributed by atoms with van der Waals surface area (Å²) in [6.45, 7) is 2.42. The number of carbonyl (C=O) groups is 2. The van der Waals surface area contributed by atoms with Crippen molar-refractivity contribution < 1.29 is 18.7 Å². The molecule has 0 unspecified atom stereocenters. The van der Waals surface area contributed by atoms with E-state index in [0.29, 0.717) is 23.8 Å². The van der Waals surface area contributed by atoms with Crippen LogP contribution in [0.1, 0.15) is 28.2 Å². The number of nitrogens with zero attached hydrogens (tertiary/aromatic N) is 1. The van der Waals surface area contributed by atoms with Gasteiger partial charge >= 0.3 is 0 Å². The SMILES string of the molecule is CCOc1ccccc1N1C(=O)CS[C@@H]1c1ccc(NC(=O)c2cccc(F)c2)cc1. The van der Waals surface area contributed by atoms with Crippen LogP contribution in [0.4, 0.5) is 15.8 Å². The van der Waals surface area contributed by atoms with Crippen molar-refractivity contribution in [3.63, 3.8) is 0 Å². The maximum atomic E-state index is 13.4. The van der Waals surface area contributed by atoms with Crippen LogP contribution in [0.3, 0.4) is 0 Å². The van der Waals surface area contributed by atoms with E-state index in [1.54, 1.807) is 34.9 Å². The summed E-state index contributed by atoms with van der Waals surface area (Å²) in [5.41, 5.74) is 2.52. The van der Waals surface area contributed by atoms with Crippen LogP contribution >= 0.6 is 11.8 Å². The molecule has 1 heterocycles. The third-order valence-electron chi connectivity index (χ3n) is 4.83. The Bertz CT molecular complexity index is 1100. The molecular weight excluding hydrogens is 415 g/mol. The average Bonchev–Trinajstić information content (AvgIpc) is 3.16. The molecule has 5 nitrogen and oxygen atoms in total. The zero-order valence-corrected chi connectivity index (χ0v) is 17.7. The molecule has 0 saturated carbocycles. The lowest BCUT2D eigenvalue weighted by molar-refractivity contribution is -0.115. The molecule has 0 aromatic heterocycles. The number of para-hydroxylation sites is 2. The van der Waals surface area contributed by atoms with Gasteiger partial charge in [0.05, 0.1) is 18.0 Å². The summed E-state index contributed by atoms with van der Waals surface area (Å²) < 4.78 is 19.1.